The van der Waals surface area contributed by atoms with Crippen LogP contribution in [0.4, 0.5) is 8.78 Å². The van der Waals surface area contributed by atoms with Crippen LogP contribution in [0, 0.1) is 0 Å². The Labute approximate surface area is 131 Å². The molecule has 1 aromatic rings. The lowest BCUT2D eigenvalue weighted by Crippen LogP contribution is -2.41. The lowest BCUT2D eigenvalue weighted by Gasteiger charge is -2.22. The van der Waals surface area contributed by atoms with Crippen molar-refractivity contribution in [3.8, 4) is 17.2 Å². The molecule has 9 heteroatoms. The van der Waals surface area contributed by atoms with Gasteiger partial charge in [-0.05, 0) is 24.6 Å². The second kappa shape index (κ2) is 6.97. The highest BCUT2D eigenvalue weighted by Crippen LogP contribution is 2.44. The second-order valence-electron chi connectivity index (χ2n) is 4.28. The van der Waals surface area contributed by atoms with Crippen molar-refractivity contribution in [2.24, 2.45) is 5.73 Å². The van der Waals surface area contributed by atoms with Gasteiger partial charge >= 0.3 is 11.9 Å². The van der Waals surface area contributed by atoms with Gasteiger partial charge in [0.05, 0.1) is 13.7 Å². The third kappa shape index (κ3) is 3.17. The predicted octanol–water partition coefficient (Wildman–Crippen LogP) is 2.04. The molecule has 1 heterocycles. The molecule has 22 heavy (non-hydrogen) atoms. The Balaban J connectivity index is 0.00000242. The Bertz CT molecular complexity index is 555. The van der Waals surface area contributed by atoms with E-state index < -0.39 is 17.9 Å². The molecule has 0 saturated carbocycles. The van der Waals surface area contributed by atoms with Crippen molar-refractivity contribution in [3.05, 3.63) is 17.7 Å². The second-order valence-corrected chi connectivity index (χ2v) is 4.28. The van der Waals surface area contributed by atoms with Gasteiger partial charge in [0.25, 0.3) is 0 Å². The van der Waals surface area contributed by atoms with Crippen LogP contribution in [0.15, 0.2) is 12.1 Å². The van der Waals surface area contributed by atoms with Gasteiger partial charge in [0, 0.05) is 0 Å². The molecular weight excluding hydrogens is 324 g/mol. The van der Waals surface area contributed by atoms with E-state index in [4.69, 9.17) is 19.9 Å². The Morgan fingerprint density at radius 3 is 2.73 bits per heavy atom. The van der Waals surface area contributed by atoms with E-state index in [1.54, 1.807) is 0 Å². The van der Waals surface area contributed by atoms with Gasteiger partial charge < -0.3 is 24.7 Å². The zero-order chi connectivity index (χ0) is 15.6. The molecule has 2 rings (SSSR count). The van der Waals surface area contributed by atoms with Crippen LogP contribution in [0.5, 0.6) is 17.2 Å². The van der Waals surface area contributed by atoms with Crippen molar-refractivity contribution >= 4 is 18.4 Å². The first-order valence-electron chi connectivity index (χ1n) is 6.20. The number of hydrogen-bond acceptors (Lipinski definition) is 6. The van der Waals surface area contributed by atoms with E-state index in [1.165, 1.54) is 26.2 Å². The molecule has 0 aliphatic carbocycles. The maximum absolute atomic E-state index is 14.0. The summed E-state index contributed by atoms with van der Waals surface area (Å²) in [6.07, 6.45) is 0. The van der Waals surface area contributed by atoms with Crippen molar-refractivity contribution in [1.82, 2.24) is 0 Å². The number of nitrogens with two attached hydrogens (primary N) is 1. The molecular formula is C13H16ClF2NO5. The normalized spacial score (nSPS) is 14.0. The number of methoxy groups -OCH3 is 1. The number of hydrogen-bond donors (Lipinski definition) is 1. The summed E-state index contributed by atoms with van der Waals surface area (Å²) in [5.74, 6) is -4.79. The summed E-state index contributed by atoms with van der Waals surface area (Å²) in [4.78, 5) is 11.3. The van der Waals surface area contributed by atoms with Crippen LogP contribution in [0.3, 0.4) is 0 Å². The molecule has 0 spiro atoms. The minimum Gasteiger partial charge on any atom is -0.493 e. The van der Waals surface area contributed by atoms with Crippen LogP contribution in [-0.2, 0) is 9.53 Å². The summed E-state index contributed by atoms with van der Waals surface area (Å²) in [6.45, 7) is 1.23. The first kappa shape index (κ1) is 18.2. The van der Waals surface area contributed by atoms with Crippen LogP contribution >= 0.6 is 12.4 Å². The van der Waals surface area contributed by atoms with Gasteiger partial charge in [-0.25, -0.2) is 4.79 Å². The molecule has 124 valence electrons. The first-order valence-corrected chi connectivity index (χ1v) is 6.20. The van der Waals surface area contributed by atoms with Crippen molar-refractivity contribution in [2.75, 3.05) is 20.5 Å². The molecule has 1 aliphatic heterocycles. The van der Waals surface area contributed by atoms with Crippen LogP contribution < -0.4 is 19.9 Å². The largest absolute Gasteiger partial charge is 0.493 e. The van der Waals surface area contributed by atoms with E-state index >= 15 is 0 Å². The maximum Gasteiger partial charge on any atom is 0.379 e. The third-order valence-electron chi connectivity index (χ3n) is 2.98. The zero-order valence-corrected chi connectivity index (χ0v) is 12.7. The van der Waals surface area contributed by atoms with Crippen LogP contribution in [-0.4, -0.2) is 32.4 Å². The minimum atomic E-state index is -3.87. The van der Waals surface area contributed by atoms with Crippen molar-refractivity contribution in [2.45, 2.75) is 18.9 Å². The molecule has 0 bridgehead atoms. The highest BCUT2D eigenvalue weighted by atomic mass is 35.5. The fraction of sp³-hybridized carbons (Fsp3) is 0.462. The molecule has 0 unspecified atom stereocenters. The van der Waals surface area contributed by atoms with Gasteiger partial charge in [0.1, 0.15) is 6.04 Å². The number of halogens is 3. The SMILES string of the molecule is CCOC(=O)C(F)(F)[C@H](N)c1cc(OC)c2c(c1)OCO2.Cl. The minimum absolute atomic E-state index is 0. The van der Waals surface area contributed by atoms with Gasteiger partial charge in [-0.3, -0.25) is 0 Å². The molecule has 1 aromatic carbocycles. The van der Waals surface area contributed by atoms with Crippen molar-refractivity contribution in [1.29, 1.82) is 0 Å². The number of fused-ring (bicyclic) bond motifs is 1. The average molecular weight is 340 g/mol. The fourth-order valence-electron chi connectivity index (χ4n) is 1.89. The average Bonchev–Trinajstić information content (AvgIpc) is 2.93. The Morgan fingerprint density at radius 1 is 1.45 bits per heavy atom. The summed E-state index contributed by atoms with van der Waals surface area (Å²) >= 11 is 0. The van der Waals surface area contributed by atoms with Crippen LogP contribution in [0.1, 0.15) is 18.5 Å². The molecule has 0 amide bonds. The summed E-state index contributed by atoms with van der Waals surface area (Å²) in [6, 6.07) is 0.688. The molecule has 0 fully saturated rings. The van der Waals surface area contributed by atoms with E-state index in [0.29, 0.717) is 5.75 Å². The number of carbonyl (C=O) groups excluding carboxylic acids is 1. The molecule has 6 nitrogen and oxygen atoms in total. The number of alkyl halides is 2. The van der Waals surface area contributed by atoms with E-state index in [9.17, 15) is 13.6 Å². The Morgan fingerprint density at radius 2 is 2.14 bits per heavy atom. The van der Waals surface area contributed by atoms with Gasteiger partial charge in [-0.1, -0.05) is 0 Å². The molecule has 0 radical (unpaired) electrons. The topological polar surface area (TPSA) is 80.0 Å². The highest BCUT2D eigenvalue weighted by Gasteiger charge is 2.48. The molecule has 0 aromatic heterocycles. The number of ether oxygens (including phenoxy) is 4. The quantitative estimate of drug-likeness (QED) is 0.827. The standard InChI is InChI=1S/C13H15F2NO5.ClH/c1-3-19-12(17)13(14,15)11(16)7-4-8(18-2)10-9(5-7)20-6-21-10;/h4-5,11H,3,6,16H2,1-2H3;1H/t11-;/m1./s1. The van der Waals surface area contributed by atoms with E-state index in [0.717, 1.165) is 0 Å². The monoisotopic (exact) mass is 339 g/mol. The van der Waals surface area contributed by atoms with Crippen molar-refractivity contribution in [3.63, 3.8) is 0 Å². The Hall–Kier alpha value is -1.80. The molecule has 2 N–H and O–H groups in total. The van der Waals surface area contributed by atoms with Gasteiger partial charge in [-0.2, -0.15) is 8.78 Å². The molecule has 1 atom stereocenters. The smallest absolute Gasteiger partial charge is 0.379 e. The zero-order valence-electron chi connectivity index (χ0n) is 11.9. The van der Waals surface area contributed by atoms with Crippen LogP contribution in [0.2, 0.25) is 0 Å². The summed E-state index contributed by atoms with van der Waals surface area (Å²) in [7, 11) is 1.36. The van der Waals surface area contributed by atoms with E-state index in [2.05, 4.69) is 4.74 Å². The molecule has 0 saturated heterocycles. The first-order chi connectivity index (χ1) is 9.91. The van der Waals surface area contributed by atoms with E-state index in [-0.39, 0.29) is 42.9 Å². The Kier molecular flexibility index (Phi) is 5.78. The summed E-state index contributed by atoms with van der Waals surface area (Å²) in [5, 5.41) is 0. The lowest BCUT2D eigenvalue weighted by atomic mass is 10.0. The number of rotatable bonds is 5. The fourth-order valence-corrected chi connectivity index (χ4v) is 1.89. The van der Waals surface area contributed by atoms with Crippen molar-refractivity contribution < 1.29 is 32.5 Å². The predicted molar refractivity (Wildman–Crippen MR) is 74.9 cm³/mol. The summed E-state index contributed by atoms with van der Waals surface area (Å²) < 4.78 is 47.6. The molecule has 1 aliphatic rings. The van der Waals surface area contributed by atoms with Gasteiger partial charge in [0.2, 0.25) is 12.5 Å². The number of benzene rings is 1. The number of esters is 1. The third-order valence-corrected chi connectivity index (χ3v) is 2.98. The van der Waals surface area contributed by atoms with Crippen LogP contribution in [0.25, 0.3) is 0 Å². The maximum atomic E-state index is 14.0. The number of carbonyl (C=O) groups is 1. The van der Waals surface area contributed by atoms with E-state index in [1.807, 2.05) is 0 Å². The lowest BCUT2D eigenvalue weighted by molar-refractivity contribution is -0.174. The highest BCUT2D eigenvalue weighted by molar-refractivity contribution is 5.85. The summed E-state index contributed by atoms with van der Waals surface area (Å²) in [5.41, 5.74) is 5.50. The van der Waals surface area contributed by atoms with Gasteiger partial charge in [-0.15, -0.1) is 12.4 Å². The van der Waals surface area contributed by atoms with Gasteiger partial charge in [0.15, 0.2) is 11.5 Å².